The van der Waals surface area contributed by atoms with Crippen LogP contribution in [0.5, 0.6) is 0 Å². The number of imidazole rings is 1. The number of nitrogens with one attached hydrogen (secondary N) is 1. The topological polar surface area (TPSA) is 28.7 Å². The molecule has 0 amide bonds. The summed E-state index contributed by atoms with van der Waals surface area (Å²) in [6.07, 6.45) is 0. The highest BCUT2D eigenvalue weighted by Gasteiger charge is 2.53. The third-order valence-electron chi connectivity index (χ3n) is 8.26. The summed E-state index contributed by atoms with van der Waals surface area (Å²) in [6, 6.07) is 42.0. The number of fused-ring (bicyclic) bond motifs is 13. The first kappa shape index (κ1) is 19.7. The molecule has 9 rings (SSSR count). The highest BCUT2D eigenvalue weighted by molar-refractivity contribution is 7.22. The molecule has 3 heteroatoms. The second-order valence-corrected chi connectivity index (χ2v) is 11.0. The van der Waals surface area contributed by atoms with Gasteiger partial charge in [-0.15, -0.1) is 11.3 Å². The number of para-hydroxylation sites is 2. The van der Waals surface area contributed by atoms with Crippen molar-refractivity contribution in [3.05, 3.63) is 138 Å². The second kappa shape index (κ2) is 6.84. The molecule has 172 valence electrons. The van der Waals surface area contributed by atoms with Crippen LogP contribution in [0.2, 0.25) is 0 Å². The van der Waals surface area contributed by atoms with Crippen LogP contribution in [0.25, 0.3) is 54.1 Å². The monoisotopic (exact) mass is 488 g/mol. The maximum absolute atomic E-state index is 5.04. The summed E-state index contributed by atoms with van der Waals surface area (Å²) in [7, 11) is 0. The highest BCUT2D eigenvalue weighted by Crippen LogP contribution is 2.66. The van der Waals surface area contributed by atoms with Gasteiger partial charge in [0.05, 0.1) is 16.4 Å². The Balaban J connectivity index is 1.49. The predicted octanol–water partition coefficient (Wildman–Crippen LogP) is 8.79. The molecule has 2 aromatic heterocycles. The Bertz CT molecular complexity index is 1980. The largest absolute Gasteiger partial charge is 0.338 e. The number of thiophene rings is 1. The fourth-order valence-electron chi connectivity index (χ4n) is 6.91. The van der Waals surface area contributed by atoms with E-state index in [1.165, 1.54) is 59.5 Å². The Morgan fingerprint density at radius 2 is 1.24 bits per heavy atom. The molecule has 0 fully saturated rings. The summed E-state index contributed by atoms with van der Waals surface area (Å²) in [5.41, 5.74) is 12.4. The lowest BCUT2D eigenvalue weighted by Gasteiger charge is -2.30. The summed E-state index contributed by atoms with van der Waals surface area (Å²) in [4.78, 5) is 10.0. The van der Waals surface area contributed by atoms with Crippen molar-refractivity contribution in [1.82, 2.24) is 9.97 Å². The highest BCUT2D eigenvalue weighted by atomic mass is 32.1. The molecule has 2 heterocycles. The Morgan fingerprint density at radius 3 is 2.05 bits per heavy atom. The van der Waals surface area contributed by atoms with Gasteiger partial charge in [0, 0.05) is 20.7 Å². The average Bonchev–Trinajstić information content (AvgIpc) is 3.69. The van der Waals surface area contributed by atoms with Gasteiger partial charge in [-0.1, -0.05) is 97.1 Å². The molecule has 2 nitrogen and oxygen atoms in total. The standard InChI is InChI=1S/C34H20N2S/c1-4-14-24-20(10-1)21-11-2-5-15-25(21)34(24)26-16-9-13-23(33-35-27-17-6-7-18-28(27)36-33)30(26)32-31(34)22-12-3-8-19-29(22)37-32/h1-19H,(H,35,36). The van der Waals surface area contributed by atoms with Gasteiger partial charge in [0.2, 0.25) is 0 Å². The molecule has 2 aliphatic rings. The summed E-state index contributed by atoms with van der Waals surface area (Å²) >= 11 is 1.91. The number of hydrogen-bond acceptors (Lipinski definition) is 2. The van der Waals surface area contributed by atoms with E-state index in [9.17, 15) is 0 Å². The van der Waals surface area contributed by atoms with Crippen molar-refractivity contribution in [2.75, 3.05) is 0 Å². The van der Waals surface area contributed by atoms with E-state index in [1.807, 2.05) is 17.4 Å². The van der Waals surface area contributed by atoms with Crippen molar-refractivity contribution in [3.63, 3.8) is 0 Å². The van der Waals surface area contributed by atoms with Crippen molar-refractivity contribution >= 4 is 32.5 Å². The minimum Gasteiger partial charge on any atom is -0.338 e. The van der Waals surface area contributed by atoms with E-state index < -0.39 is 0 Å². The van der Waals surface area contributed by atoms with Gasteiger partial charge in [0.1, 0.15) is 5.82 Å². The summed E-state index contributed by atoms with van der Waals surface area (Å²) in [6.45, 7) is 0. The van der Waals surface area contributed by atoms with E-state index in [4.69, 9.17) is 4.98 Å². The summed E-state index contributed by atoms with van der Waals surface area (Å²) in [5, 5.41) is 1.35. The smallest absolute Gasteiger partial charge is 0.139 e. The van der Waals surface area contributed by atoms with Crippen LogP contribution >= 0.6 is 11.3 Å². The van der Waals surface area contributed by atoms with Crippen LogP contribution < -0.4 is 0 Å². The third kappa shape index (κ3) is 2.29. The molecule has 0 radical (unpaired) electrons. The van der Waals surface area contributed by atoms with Gasteiger partial charge < -0.3 is 4.98 Å². The van der Waals surface area contributed by atoms with Crippen LogP contribution in [0, 0.1) is 0 Å². The maximum Gasteiger partial charge on any atom is 0.139 e. The number of H-pyrrole nitrogens is 1. The molecule has 0 saturated carbocycles. The first-order valence-corrected chi connectivity index (χ1v) is 13.5. The molecule has 0 saturated heterocycles. The van der Waals surface area contributed by atoms with Crippen molar-refractivity contribution in [3.8, 4) is 33.0 Å². The van der Waals surface area contributed by atoms with Crippen LogP contribution in [0.4, 0.5) is 0 Å². The van der Waals surface area contributed by atoms with Crippen molar-refractivity contribution < 1.29 is 0 Å². The zero-order valence-electron chi connectivity index (χ0n) is 19.8. The fourth-order valence-corrected chi connectivity index (χ4v) is 8.24. The molecule has 2 aliphatic carbocycles. The lowest BCUT2D eigenvalue weighted by Crippen LogP contribution is -2.25. The Kier molecular flexibility index (Phi) is 3.64. The normalized spacial score (nSPS) is 14.2. The average molecular weight is 489 g/mol. The van der Waals surface area contributed by atoms with Crippen LogP contribution in [-0.4, -0.2) is 9.97 Å². The Hall–Kier alpha value is -4.47. The number of benzene rings is 5. The van der Waals surface area contributed by atoms with Gasteiger partial charge in [-0.05, 0) is 57.0 Å². The van der Waals surface area contributed by atoms with Gasteiger partial charge in [0.25, 0.3) is 0 Å². The fraction of sp³-hybridized carbons (Fsp3) is 0.0294. The zero-order chi connectivity index (χ0) is 24.1. The molecule has 0 bridgehead atoms. The minimum atomic E-state index is -0.348. The molecular weight excluding hydrogens is 468 g/mol. The van der Waals surface area contributed by atoms with Crippen molar-refractivity contribution in [2.45, 2.75) is 5.41 Å². The third-order valence-corrected chi connectivity index (χ3v) is 9.45. The minimum absolute atomic E-state index is 0.348. The van der Waals surface area contributed by atoms with Gasteiger partial charge in [0.15, 0.2) is 0 Å². The van der Waals surface area contributed by atoms with Gasteiger partial charge in [-0.3, -0.25) is 0 Å². The molecular formula is C34H20N2S. The lowest BCUT2D eigenvalue weighted by atomic mass is 9.70. The number of hydrogen-bond donors (Lipinski definition) is 1. The van der Waals surface area contributed by atoms with Crippen molar-refractivity contribution in [1.29, 1.82) is 0 Å². The first-order valence-electron chi connectivity index (χ1n) is 12.7. The predicted molar refractivity (Wildman–Crippen MR) is 153 cm³/mol. The van der Waals surface area contributed by atoms with Crippen LogP contribution in [-0.2, 0) is 5.41 Å². The SMILES string of the molecule is c1ccc2c(c1)-c1ccccc1C21c2cccc(-c3nc4ccccc4[nH]3)c2-c2sc3ccccc3c21. The van der Waals surface area contributed by atoms with Crippen LogP contribution in [0.3, 0.4) is 0 Å². The lowest BCUT2D eigenvalue weighted by molar-refractivity contribution is 0.803. The second-order valence-electron chi connectivity index (χ2n) is 9.97. The molecule has 1 spiro atoms. The Labute approximate surface area is 217 Å². The maximum atomic E-state index is 5.04. The number of nitrogens with zero attached hydrogens (tertiary/aromatic N) is 1. The Morgan fingerprint density at radius 1 is 0.595 bits per heavy atom. The molecule has 37 heavy (non-hydrogen) atoms. The van der Waals surface area contributed by atoms with E-state index in [1.54, 1.807) is 0 Å². The first-order chi connectivity index (χ1) is 18.4. The van der Waals surface area contributed by atoms with Crippen molar-refractivity contribution in [2.24, 2.45) is 0 Å². The quantitative estimate of drug-likeness (QED) is 0.246. The molecule has 0 unspecified atom stereocenters. The van der Waals surface area contributed by atoms with E-state index in [-0.39, 0.29) is 5.41 Å². The van der Waals surface area contributed by atoms with E-state index in [0.29, 0.717) is 0 Å². The van der Waals surface area contributed by atoms with Crippen LogP contribution in [0.1, 0.15) is 22.3 Å². The van der Waals surface area contributed by atoms with Crippen LogP contribution in [0.15, 0.2) is 115 Å². The molecule has 7 aromatic rings. The van der Waals surface area contributed by atoms with Gasteiger partial charge in [-0.2, -0.15) is 0 Å². The number of aromatic nitrogens is 2. The number of rotatable bonds is 1. The molecule has 1 N–H and O–H groups in total. The summed E-state index contributed by atoms with van der Waals surface area (Å²) in [5.74, 6) is 0.929. The van der Waals surface area contributed by atoms with E-state index in [2.05, 4.69) is 114 Å². The molecule has 5 aromatic carbocycles. The van der Waals surface area contributed by atoms with E-state index in [0.717, 1.165) is 16.9 Å². The van der Waals surface area contributed by atoms with Gasteiger partial charge in [-0.25, -0.2) is 4.98 Å². The zero-order valence-corrected chi connectivity index (χ0v) is 20.6. The van der Waals surface area contributed by atoms with E-state index >= 15 is 0 Å². The molecule has 0 aliphatic heterocycles. The number of aromatic amines is 1. The summed E-state index contributed by atoms with van der Waals surface area (Å²) < 4.78 is 1.33. The van der Waals surface area contributed by atoms with Gasteiger partial charge >= 0.3 is 0 Å². The molecule has 0 atom stereocenters.